The van der Waals surface area contributed by atoms with E-state index in [9.17, 15) is 19.5 Å². The summed E-state index contributed by atoms with van der Waals surface area (Å²) in [6.45, 7) is 5.18. The van der Waals surface area contributed by atoms with E-state index in [1.165, 1.54) is 23.8 Å². The number of carboxylic acid groups (broad SMARTS) is 1. The molecule has 0 spiro atoms. The Morgan fingerprint density at radius 3 is 2.64 bits per heavy atom. The molecule has 2 rings (SSSR count). The Hall–Kier alpha value is -1.52. The highest BCUT2D eigenvalue weighted by atomic mass is 32.2. The van der Waals surface area contributed by atoms with Gasteiger partial charge in [-0.05, 0) is 20.8 Å². The number of β-lactam (4-membered cyclic amide) rings is 1. The summed E-state index contributed by atoms with van der Waals surface area (Å²) in [4.78, 5) is 37.0. The van der Waals surface area contributed by atoms with Crippen LogP contribution in [-0.2, 0) is 23.8 Å². The van der Waals surface area contributed by atoms with Crippen molar-refractivity contribution in [1.29, 1.82) is 0 Å². The van der Waals surface area contributed by atoms with Crippen molar-refractivity contribution in [3.8, 4) is 0 Å². The minimum absolute atomic E-state index is 0.0461. The number of methoxy groups -OCH3 is 1. The lowest BCUT2D eigenvalue weighted by Gasteiger charge is -2.54. The zero-order chi connectivity index (χ0) is 18.8. The van der Waals surface area contributed by atoms with Gasteiger partial charge in [-0.15, -0.1) is 11.8 Å². The zero-order valence-corrected chi connectivity index (χ0v) is 15.5. The first kappa shape index (κ1) is 19.8. The summed E-state index contributed by atoms with van der Waals surface area (Å²) in [7, 11) is 1.44. The molecule has 142 valence electrons. The summed E-state index contributed by atoms with van der Waals surface area (Å²) in [6.07, 6.45) is -1.80. The highest BCUT2D eigenvalue weighted by Gasteiger charge is 2.57. The number of hydrogen-bond donors (Lipinski definition) is 2. The first-order chi connectivity index (χ1) is 11.7. The Balaban J connectivity index is 1.91. The number of rotatable bonds is 7. The predicted molar refractivity (Wildman–Crippen MR) is 89.0 cm³/mol. The van der Waals surface area contributed by atoms with Gasteiger partial charge in [-0.1, -0.05) is 0 Å². The fourth-order valence-electron chi connectivity index (χ4n) is 2.85. The largest absolute Gasteiger partial charge is 0.510 e. The second kappa shape index (κ2) is 7.79. The maximum atomic E-state index is 12.4. The molecule has 1 amide bonds. The van der Waals surface area contributed by atoms with Gasteiger partial charge < -0.3 is 24.2 Å². The lowest BCUT2D eigenvalue weighted by Crippen LogP contribution is -2.74. The molecule has 0 bridgehead atoms. The molecule has 2 saturated heterocycles. The Kier molecular flexibility index (Phi) is 6.17. The molecule has 2 fully saturated rings. The second-order valence-corrected chi connectivity index (χ2v) is 7.61. The molecular formula is C15H24N2O7S. The molecule has 2 heterocycles. The van der Waals surface area contributed by atoms with Crippen LogP contribution in [-0.4, -0.2) is 77.8 Å². The summed E-state index contributed by atoms with van der Waals surface area (Å²) in [5.74, 6) is -0.850. The van der Waals surface area contributed by atoms with Crippen molar-refractivity contribution >= 4 is 29.8 Å². The van der Waals surface area contributed by atoms with Crippen molar-refractivity contribution < 1.29 is 33.7 Å². The third-order valence-corrected chi connectivity index (χ3v) is 5.63. The molecule has 9 nitrogen and oxygen atoms in total. The number of amides is 1. The number of thioether (sulfide) groups is 1. The van der Waals surface area contributed by atoms with E-state index in [0.29, 0.717) is 5.75 Å². The molecular weight excluding hydrogens is 352 g/mol. The van der Waals surface area contributed by atoms with Crippen molar-refractivity contribution in [3.05, 3.63) is 0 Å². The first-order valence-electron chi connectivity index (χ1n) is 7.98. The second-order valence-electron chi connectivity index (χ2n) is 6.51. The highest BCUT2D eigenvalue weighted by Crippen LogP contribution is 2.42. The molecule has 0 radical (unpaired) electrons. The molecule has 2 unspecified atom stereocenters. The molecule has 25 heavy (non-hydrogen) atoms. The van der Waals surface area contributed by atoms with Crippen molar-refractivity contribution in [2.75, 3.05) is 26.0 Å². The zero-order valence-electron chi connectivity index (χ0n) is 14.7. The molecule has 4 atom stereocenters. The number of carbonyl (C=O) groups excluding carboxylic acids is 2. The van der Waals surface area contributed by atoms with Crippen LogP contribution in [0.25, 0.3) is 0 Å². The van der Waals surface area contributed by atoms with Gasteiger partial charge >= 0.3 is 12.1 Å². The van der Waals surface area contributed by atoms with E-state index in [-0.39, 0.29) is 30.5 Å². The lowest BCUT2D eigenvalue weighted by molar-refractivity contribution is -0.161. The summed E-state index contributed by atoms with van der Waals surface area (Å²) in [5, 5.41) is 12.3. The maximum absolute atomic E-state index is 12.4. The van der Waals surface area contributed by atoms with Gasteiger partial charge in [-0.2, -0.15) is 0 Å². The Morgan fingerprint density at radius 1 is 1.40 bits per heavy atom. The van der Waals surface area contributed by atoms with Gasteiger partial charge in [0.2, 0.25) is 5.91 Å². The lowest BCUT2D eigenvalue weighted by atomic mass is 9.88. The van der Waals surface area contributed by atoms with Gasteiger partial charge in [0.15, 0.2) is 6.23 Å². The van der Waals surface area contributed by atoms with Gasteiger partial charge in [-0.3, -0.25) is 14.9 Å². The molecule has 0 saturated carbocycles. The molecule has 0 aromatic rings. The van der Waals surface area contributed by atoms with E-state index >= 15 is 0 Å². The van der Waals surface area contributed by atoms with E-state index < -0.39 is 29.8 Å². The van der Waals surface area contributed by atoms with Gasteiger partial charge in [0.05, 0.1) is 12.7 Å². The SMILES string of the molecule is COCC1(C(=O)O)CS[C@@H]2[C@H](NC(C)OC(=O)OC(C)C)C(=O)N2C1. The van der Waals surface area contributed by atoms with Gasteiger partial charge in [-0.25, -0.2) is 4.79 Å². The minimum atomic E-state index is -1.10. The maximum Gasteiger partial charge on any atom is 0.510 e. The van der Waals surface area contributed by atoms with E-state index in [0.717, 1.165) is 0 Å². The number of aliphatic carboxylic acids is 1. The third kappa shape index (κ3) is 4.18. The normalized spacial score (nSPS) is 29.6. The smallest absolute Gasteiger partial charge is 0.481 e. The fraction of sp³-hybridized carbons (Fsp3) is 0.800. The van der Waals surface area contributed by atoms with E-state index in [1.54, 1.807) is 20.8 Å². The van der Waals surface area contributed by atoms with Crippen LogP contribution in [0.5, 0.6) is 0 Å². The van der Waals surface area contributed by atoms with E-state index in [2.05, 4.69) is 5.32 Å². The fourth-order valence-corrected chi connectivity index (χ4v) is 4.39. The summed E-state index contributed by atoms with van der Waals surface area (Å²) in [5.41, 5.74) is -1.10. The molecule has 0 aromatic carbocycles. The van der Waals surface area contributed by atoms with Crippen LogP contribution in [0.1, 0.15) is 20.8 Å². The number of nitrogens with zero attached hydrogens (tertiary/aromatic N) is 1. The van der Waals surface area contributed by atoms with Crippen LogP contribution >= 0.6 is 11.8 Å². The molecule has 2 aliphatic rings. The van der Waals surface area contributed by atoms with Crippen molar-refractivity contribution in [3.63, 3.8) is 0 Å². The molecule has 2 N–H and O–H groups in total. The number of ether oxygens (including phenoxy) is 3. The van der Waals surface area contributed by atoms with Crippen LogP contribution in [0, 0.1) is 5.41 Å². The topological polar surface area (TPSA) is 114 Å². The third-order valence-electron chi connectivity index (χ3n) is 4.04. The highest BCUT2D eigenvalue weighted by molar-refractivity contribution is 8.00. The number of hydrogen-bond acceptors (Lipinski definition) is 8. The van der Waals surface area contributed by atoms with Crippen LogP contribution in [0.15, 0.2) is 0 Å². The van der Waals surface area contributed by atoms with Crippen LogP contribution in [0.4, 0.5) is 4.79 Å². The van der Waals surface area contributed by atoms with Crippen LogP contribution in [0.2, 0.25) is 0 Å². The van der Waals surface area contributed by atoms with E-state index in [4.69, 9.17) is 14.2 Å². The van der Waals surface area contributed by atoms with Gasteiger partial charge in [0, 0.05) is 19.4 Å². The van der Waals surface area contributed by atoms with Crippen molar-refractivity contribution in [2.24, 2.45) is 5.41 Å². The van der Waals surface area contributed by atoms with Gasteiger partial charge in [0.1, 0.15) is 16.8 Å². The molecule has 0 aromatic heterocycles. The standard InChI is InChI=1S/C15H24N2O7S/c1-8(2)23-14(21)24-9(3)16-10-11(18)17-5-15(6-22-4,13(19)20)7-25-12(10)17/h8-10,12,16H,5-7H2,1-4H3,(H,19,20)/t9?,10-,12-,15?/m1/s1. The number of fused-ring (bicyclic) bond motifs is 1. The van der Waals surface area contributed by atoms with Crippen molar-refractivity contribution in [1.82, 2.24) is 10.2 Å². The summed E-state index contributed by atoms with van der Waals surface area (Å²) >= 11 is 1.38. The molecule has 10 heteroatoms. The molecule has 0 aliphatic carbocycles. The Bertz CT molecular complexity index is 544. The van der Waals surface area contributed by atoms with Crippen molar-refractivity contribution in [2.45, 2.75) is 44.5 Å². The predicted octanol–water partition coefficient (Wildman–Crippen LogP) is 0.485. The molecule has 2 aliphatic heterocycles. The van der Waals surface area contributed by atoms with Gasteiger partial charge in [0.25, 0.3) is 0 Å². The number of carbonyl (C=O) groups is 3. The summed E-state index contributed by atoms with van der Waals surface area (Å²) in [6, 6.07) is -0.527. The Labute approximate surface area is 150 Å². The quantitative estimate of drug-likeness (QED) is 0.372. The van der Waals surface area contributed by atoms with Crippen LogP contribution in [0.3, 0.4) is 0 Å². The number of nitrogens with one attached hydrogen (secondary N) is 1. The monoisotopic (exact) mass is 376 g/mol. The Morgan fingerprint density at radius 2 is 2.08 bits per heavy atom. The number of carboxylic acids is 1. The summed E-state index contributed by atoms with van der Waals surface area (Å²) < 4.78 is 15.0. The van der Waals surface area contributed by atoms with Crippen LogP contribution < -0.4 is 5.32 Å². The van der Waals surface area contributed by atoms with E-state index in [1.807, 2.05) is 0 Å². The average Bonchev–Trinajstić information content (AvgIpc) is 2.51. The minimum Gasteiger partial charge on any atom is -0.481 e. The average molecular weight is 376 g/mol. The first-order valence-corrected chi connectivity index (χ1v) is 9.03.